The van der Waals surface area contributed by atoms with Crippen molar-refractivity contribution in [2.45, 2.75) is 31.8 Å². The van der Waals surface area contributed by atoms with Gasteiger partial charge in [0.2, 0.25) is 11.8 Å². The highest BCUT2D eigenvalue weighted by Crippen LogP contribution is 2.27. The predicted molar refractivity (Wildman–Crippen MR) is 115 cm³/mol. The summed E-state index contributed by atoms with van der Waals surface area (Å²) in [6, 6.07) is 14.2. The van der Waals surface area contributed by atoms with E-state index in [9.17, 15) is 14.0 Å². The van der Waals surface area contributed by atoms with E-state index in [2.05, 4.69) is 10.2 Å². The van der Waals surface area contributed by atoms with Gasteiger partial charge in [0.25, 0.3) is 0 Å². The van der Waals surface area contributed by atoms with Gasteiger partial charge in [0, 0.05) is 43.7 Å². The Balaban J connectivity index is 1.26. The maximum atomic E-state index is 14.0. The normalized spacial score (nSPS) is 20.5. The molecule has 2 amide bonds. The highest BCUT2D eigenvalue weighted by molar-refractivity contribution is 6.30. The second-order valence-corrected chi connectivity index (χ2v) is 8.48. The number of piperidine rings is 1. The van der Waals surface area contributed by atoms with E-state index in [1.165, 1.54) is 16.5 Å². The van der Waals surface area contributed by atoms with Gasteiger partial charge < -0.3 is 10.2 Å². The van der Waals surface area contributed by atoms with E-state index < -0.39 is 11.7 Å². The minimum absolute atomic E-state index is 0.108. The number of nitrogens with one attached hydrogen (secondary N) is 1. The van der Waals surface area contributed by atoms with Crippen molar-refractivity contribution in [1.82, 2.24) is 10.2 Å². The summed E-state index contributed by atoms with van der Waals surface area (Å²) in [4.78, 5) is 28.8. The molecule has 1 N–H and O–H groups in total. The smallest absolute Gasteiger partial charge is 0.227 e. The number of carbonyl (C=O) groups is 2. The summed E-state index contributed by atoms with van der Waals surface area (Å²) in [7, 11) is 0. The number of likely N-dealkylation sites (tertiary alicyclic amines) is 1. The minimum atomic E-state index is -0.444. The highest BCUT2D eigenvalue weighted by atomic mass is 35.5. The lowest BCUT2D eigenvalue weighted by Gasteiger charge is -2.32. The Hall–Kier alpha value is -2.44. The fourth-order valence-electron chi connectivity index (χ4n) is 4.19. The lowest BCUT2D eigenvalue weighted by Crippen LogP contribution is -2.46. The number of hydrogen-bond donors (Lipinski definition) is 1. The van der Waals surface area contributed by atoms with E-state index in [1.807, 2.05) is 24.3 Å². The Morgan fingerprint density at radius 1 is 1.10 bits per heavy atom. The third-order valence-electron chi connectivity index (χ3n) is 5.89. The van der Waals surface area contributed by atoms with Gasteiger partial charge in [0.15, 0.2) is 0 Å². The average Bonchev–Trinajstić information content (AvgIpc) is 3.13. The Labute approximate surface area is 180 Å². The quantitative estimate of drug-likeness (QED) is 0.789. The van der Waals surface area contributed by atoms with Crippen molar-refractivity contribution < 1.29 is 14.0 Å². The monoisotopic (exact) mass is 429 g/mol. The first kappa shape index (κ1) is 20.8. The van der Waals surface area contributed by atoms with Crippen molar-refractivity contribution in [3.05, 3.63) is 64.9 Å². The molecular weight excluding hydrogens is 405 g/mol. The van der Waals surface area contributed by atoms with Gasteiger partial charge in [0.05, 0.1) is 11.6 Å². The Kier molecular flexibility index (Phi) is 6.35. The second kappa shape index (κ2) is 9.14. The average molecular weight is 430 g/mol. The first-order chi connectivity index (χ1) is 14.5. The van der Waals surface area contributed by atoms with E-state index >= 15 is 0 Å². The third-order valence-corrected chi connectivity index (χ3v) is 6.14. The van der Waals surface area contributed by atoms with Gasteiger partial charge in [0.1, 0.15) is 5.82 Å². The maximum absolute atomic E-state index is 14.0. The molecule has 7 heteroatoms. The number of halogens is 2. The number of benzene rings is 2. The molecule has 2 aliphatic rings. The fourth-order valence-corrected chi connectivity index (χ4v) is 4.32. The third kappa shape index (κ3) is 4.82. The zero-order chi connectivity index (χ0) is 21.1. The minimum Gasteiger partial charge on any atom is -0.353 e. The van der Waals surface area contributed by atoms with Crippen LogP contribution in [0.5, 0.6) is 0 Å². The molecule has 2 heterocycles. The van der Waals surface area contributed by atoms with Crippen LogP contribution in [0.3, 0.4) is 0 Å². The van der Waals surface area contributed by atoms with E-state index in [0.29, 0.717) is 0 Å². The molecule has 5 nitrogen and oxygen atoms in total. The lowest BCUT2D eigenvalue weighted by atomic mass is 10.0. The van der Waals surface area contributed by atoms with E-state index in [4.69, 9.17) is 11.6 Å². The number of anilines is 1. The molecular formula is C23H25ClFN3O2. The zero-order valence-electron chi connectivity index (χ0n) is 16.7. The fraction of sp³-hybridized carbons (Fsp3) is 0.391. The molecule has 158 valence electrons. The summed E-state index contributed by atoms with van der Waals surface area (Å²) in [5.41, 5.74) is 1.47. The molecule has 1 atom stereocenters. The van der Waals surface area contributed by atoms with Crippen LogP contribution in [0.25, 0.3) is 0 Å². The molecule has 2 fully saturated rings. The molecule has 2 aromatic rings. The van der Waals surface area contributed by atoms with Crippen LogP contribution in [-0.2, 0) is 16.1 Å². The highest BCUT2D eigenvalue weighted by Gasteiger charge is 2.37. The molecule has 0 radical (unpaired) electrons. The SMILES string of the molecule is O=C(NC1CCN(Cc2ccc(Cl)cc2)CC1)C1CC(=O)N(c2ccccc2F)C1. The summed E-state index contributed by atoms with van der Waals surface area (Å²) < 4.78 is 14.0. The van der Waals surface area contributed by atoms with Crippen molar-refractivity contribution in [2.24, 2.45) is 5.92 Å². The first-order valence-electron chi connectivity index (χ1n) is 10.3. The lowest BCUT2D eigenvalue weighted by molar-refractivity contribution is -0.127. The zero-order valence-corrected chi connectivity index (χ0v) is 17.4. The summed E-state index contributed by atoms with van der Waals surface area (Å²) in [5.74, 6) is -1.21. The van der Waals surface area contributed by atoms with Gasteiger partial charge in [-0.15, -0.1) is 0 Å². The topological polar surface area (TPSA) is 52.7 Å². The Bertz CT molecular complexity index is 913. The van der Waals surface area contributed by atoms with Crippen LogP contribution in [-0.4, -0.2) is 42.4 Å². The largest absolute Gasteiger partial charge is 0.353 e. The molecule has 0 bridgehead atoms. The van der Waals surface area contributed by atoms with Crippen molar-refractivity contribution in [2.75, 3.05) is 24.5 Å². The van der Waals surface area contributed by atoms with Crippen LogP contribution < -0.4 is 10.2 Å². The number of hydrogen-bond acceptors (Lipinski definition) is 3. The van der Waals surface area contributed by atoms with E-state index in [-0.39, 0.29) is 36.5 Å². The van der Waals surface area contributed by atoms with Gasteiger partial charge in [-0.3, -0.25) is 14.5 Å². The molecule has 0 aliphatic carbocycles. The van der Waals surface area contributed by atoms with Crippen molar-refractivity contribution >= 4 is 29.1 Å². The number of rotatable bonds is 5. The second-order valence-electron chi connectivity index (χ2n) is 8.04. The van der Waals surface area contributed by atoms with Crippen molar-refractivity contribution in [1.29, 1.82) is 0 Å². The van der Waals surface area contributed by atoms with Gasteiger partial charge >= 0.3 is 0 Å². The van der Waals surface area contributed by atoms with Crippen LogP contribution in [0.1, 0.15) is 24.8 Å². The van der Waals surface area contributed by atoms with E-state index in [1.54, 1.807) is 18.2 Å². The number of amides is 2. The summed E-state index contributed by atoms with van der Waals surface area (Å²) in [6.07, 6.45) is 1.86. The molecule has 0 spiro atoms. The van der Waals surface area contributed by atoms with Gasteiger partial charge in [-0.05, 0) is 42.7 Å². The number of carbonyl (C=O) groups excluding carboxylic acids is 2. The van der Waals surface area contributed by atoms with Crippen molar-refractivity contribution in [3.8, 4) is 0 Å². The molecule has 2 saturated heterocycles. The first-order valence-corrected chi connectivity index (χ1v) is 10.7. The molecule has 2 aromatic carbocycles. The Morgan fingerprint density at radius 2 is 1.80 bits per heavy atom. The molecule has 30 heavy (non-hydrogen) atoms. The van der Waals surface area contributed by atoms with Crippen LogP contribution in [0.2, 0.25) is 5.02 Å². The molecule has 2 aliphatic heterocycles. The molecule has 1 unspecified atom stereocenters. The summed E-state index contributed by atoms with van der Waals surface area (Å²) in [5, 5.41) is 3.84. The van der Waals surface area contributed by atoms with Crippen LogP contribution in [0.15, 0.2) is 48.5 Å². The standard InChI is InChI=1S/C23H25ClFN3O2/c24-18-7-5-16(6-8-18)14-27-11-9-19(10-12-27)26-23(30)17-13-22(29)28(15-17)21-4-2-1-3-20(21)25/h1-8,17,19H,9-15H2,(H,26,30). The summed E-state index contributed by atoms with van der Waals surface area (Å²) >= 11 is 5.94. The number of para-hydroxylation sites is 1. The molecule has 0 aromatic heterocycles. The maximum Gasteiger partial charge on any atom is 0.227 e. The van der Waals surface area contributed by atoms with Crippen molar-refractivity contribution in [3.63, 3.8) is 0 Å². The van der Waals surface area contributed by atoms with E-state index in [0.717, 1.165) is 37.5 Å². The van der Waals surface area contributed by atoms with Crippen LogP contribution >= 0.6 is 11.6 Å². The predicted octanol–water partition coefficient (Wildman–Crippen LogP) is 3.61. The van der Waals surface area contributed by atoms with Gasteiger partial charge in [-0.2, -0.15) is 0 Å². The van der Waals surface area contributed by atoms with Gasteiger partial charge in [-0.25, -0.2) is 4.39 Å². The Morgan fingerprint density at radius 3 is 2.50 bits per heavy atom. The van der Waals surface area contributed by atoms with Gasteiger partial charge in [-0.1, -0.05) is 35.9 Å². The van der Waals surface area contributed by atoms with Crippen LogP contribution in [0.4, 0.5) is 10.1 Å². The molecule has 0 saturated carbocycles. The summed E-state index contributed by atoms with van der Waals surface area (Å²) in [6.45, 7) is 2.89. The molecule has 4 rings (SSSR count). The van der Waals surface area contributed by atoms with Crippen LogP contribution in [0, 0.1) is 11.7 Å². The number of nitrogens with zero attached hydrogens (tertiary/aromatic N) is 2.